The van der Waals surface area contributed by atoms with E-state index >= 15 is 0 Å². The van der Waals surface area contributed by atoms with Crippen LogP contribution in [0.5, 0.6) is 5.75 Å². The number of carbonyl (C=O) groups is 1. The first-order chi connectivity index (χ1) is 11.1. The molecule has 1 fully saturated rings. The third-order valence-electron chi connectivity index (χ3n) is 4.32. The summed E-state index contributed by atoms with van der Waals surface area (Å²) < 4.78 is 6.85. The zero-order valence-electron chi connectivity index (χ0n) is 13.5. The van der Waals surface area contributed by atoms with Gasteiger partial charge >= 0.3 is 0 Å². The number of methoxy groups -OCH3 is 1. The van der Waals surface area contributed by atoms with Gasteiger partial charge in [-0.15, -0.1) is 0 Å². The van der Waals surface area contributed by atoms with Crippen LogP contribution >= 0.6 is 0 Å². The number of likely N-dealkylation sites (tertiary alicyclic amines) is 1. The fourth-order valence-corrected chi connectivity index (χ4v) is 2.97. The van der Waals surface area contributed by atoms with Crippen molar-refractivity contribution in [2.45, 2.75) is 31.8 Å². The lowest BCUT2D eigenvalue weighted by Crippen LogP contribution is -2.48. The zero-order valence-corrected chi connectivity index (χ0v) is 13.5. The number of piperidine rings is 1. The van der Waals surface area contributed by atoms with Gasteiger partial charge in [-0.05, 0) is 50.1 Å². The molecule has 6 heteroatoms. The molecule has 122 valence electrons. The Labute approximate surface area is 135 Å². The minimum absolute atomic E-state index is 0.0309. The molecule has 1 amide bonds. The van der Waals surface area contributed by atoms with E-state index in [2.05, 4.69) is 5.10 Å². The quantitative estimate of drug-likeness (QED) is 0.938. The smallest absolute Gasteiger partial charge is 0.274 e. The fourth-order valence-electron chi connectivity index (χ4n) is 2.97. The molecule has 2 atom stereocenters. The van der Waals surface area contributed by atoms with Gasteiger partial charge in [0, 0.05) is 24.8 Å². The van der Waals surface area contributed by atoms with Crippen molar-refractivity contribution in [1.82, 2.24) is 14.7 Å². The number of nitrogens with zero attached hydrogens (tertiary/aromatic N) is 3. The van der Waals surface area contributed by atoms with Crippen molar-refractivity contribution < 1.29 is 9.53 Å². The predicted octanol–water partition coefficient (Wildman–Crippen LogP) is 1.83. The maximum atomic E-state index is 12.7. The van der Waals surface area contributed by atoms with E-state index < -0.39 is 0 Å². The highest BCUT2D eigenvalue weighted by Crippen LogP contribution is 2.19. The third kappa shape index (κ3) is 3.22. The third-order valence-corrected chi connectivity index (χ3v) is 4.32. The fraction of sp³-hybridized carbons (Fsp3) is 0.412. The van der Waals surface area contributed by atoms with Crippen LogP contribution in [0.3, 0.4) is 0 Å². The summed E-state index contributed by atoms with van der Waals surface area (Å²) in [5, 5.41) is 4.42. The van der Waals surface area contributed by atoms with Gasteiger partial charge in [0.05, 0.1) is 12.8 Å². The molecule has 1 aliphatic rings. The second-order valence-corrected chi connectivity index (χ2v) is 5.98. The van der Waals surface area contributed by atoms with Crippen LogP contribution in [0.4, 0.5) is 0 Å². The lowest BCUT2D eigenvalue weighted by Gasteiger charge is -2.35. The highest BCUT2D eigenvalue weighted by molar-refractivity contribution is 5.92. The van der Waals surface area contributed by atoms with Crippen LogP contribution in [0.2, 0.25) is 0 Å². The maximum absolute atomic E-state index is 12.7. The molecule has 0 radical (unpaired) electrons. The van der Waals surface area contributed by atoms with Gasteiger partial charge in [-0.25, -0.2) is 4.68 Å². The molecule has 6 nitrogen and oxygen atoms in total. The molecular formula is C17H22N4O2. The first-order valence-corrected chi connectivity index (χ1v) is 7.85. The van der Waals surface area contributed by atoms with Gasteiger partial charge in [0.2, 0.25) is 0 Å². The maximum Gasteiger partial charge on any atom is 0.274 e. The number of nitrogens with two attached hydrogens (primary N) is 1. The van der Waals surface area contributed by atoms with E-state index in [0.717, 1.165) is 24.3 Å². The lowest BCUT2D eigenvalue weighted by atomic mass is 9.99. The highest BCUT2D eigenvalue weighted by atomic mass is 16.5. The Morgan fingerprint density at radius 3 is 2.70 bits per heavy atom. The first kappa shape index (κ1) is 15.6. The van der Waals surface area contributed by atoms with E-state index in [1.807, 2.05) is 36.1 Å². The van der Waals surface area contributed by atoms with Crippen molar-refractivity contribution in [2.75, 3.05) is 13.7 Å². The second kappa shape index (κ2) is 6.42. The van der Waals surface area contributed by atoms with Crippen molar-refractivity contribution in [1.29, 1.82) is 0 Å². The van der Waals surface area contributed by atoms with Crippen LogP contribution in [0.1, 0.15) is 30.3 Å². The monoisotopic (exact) mass is 314 g/mol. The number of aromatic nitrogens is 2. The van der Waals surface area contributed by atoms with Crippen molar-refractivity contribution in [3.63, 3.8) is 0 Å². The minimum atomic E-state index is -0.0309. The normalized spacial score (nSPS) is 21.3. The van der Waals surface area contributed by atoms with Gasteiger partial charge in [-0.1, -0.05) is 0 Å². The number of amides is 1. The van der Waals surface area contributed by atoms with Crippen LogP contribution in [0.25, 0.3) is 5.69 Å². The van der Waals surface area contributed by atoms with E-state index in [4.69, 9.17) is 10.5 Å². The number of carbonyl (C=O) groups excluding carboxylic acids is 1. The zero-order chi connectivity index (χ0) is 16.4. The molecule has 0 unspecified atom stereocenters. The molecule has 2 N–H and O–H groups in total. The van der Waals surface area contributed by atoms with Crippen LogP contribution in [0, 0.1) is 0 Å². The Hall–Kier alpha value is -2.34. The number of rotatable bonds is 3. The summed E-state index contributed by atoms with van der Waals surface area (Å²) >= 11 is 0. The summed E-state index contributed by atoms with van der Waals surface area (Å²) in [6.45, 7) is 2.73. The van der Waals surface area contributed by atoms with Gasteiger partial charge in [-0.3, -0.25) is 4.79 Å². The average Bonchev–Trinajstić information content (AvgIpc) is 3.04. The molecule has 0 spiro atoms. The van der Waals surface area contributed by atoms with Gasteiger partial charge in [0.1, 0.15) is 5.75 Å². The highest BCUT2D eigenvalue weighted by Gasteiger charge is 2.28. The Balaban J connectivity index is 1.76. The molecule has 1 aromatic heterocycles. The van der Waals surface area contributed by atoms with E-state index in [1.165, 1.54) is 0 Å². The molecule has 2 heterocycles. The summed E-state index contributed by atoms with van der Waals surface area (Å²) in [5.41, 5.74) is 7.31. The van der Waals surface area contributed by atoms with Crippen molar-refractivity contribution in [2.24, 2.45) is 5.73 Å². The van der Waals surface area contributed by atoms with E-state index in [-0.39, 0.29) is 18.0 Å². The van der Waals surface area contributed by atoms with Gasteiger partial charge in [0.15, 0.2) is 5.69 Å². The minimum Gasteiger partial charge on any atom is -0.497 e. The number of benzene rings is 1. The number of ether oxygens (including phenoxy) is 1. The summed E-state index contributed by atoms with van der Waals surface area (Å²) in [4.78, 5) is 14.5. The van der Waals surface area contributed by atoms with E-state index in [0.29, 0.717) is 12.2 Å². The van der Waals surface area contributed by atoms with Gasteiger partial charge in [-0.2, -0.15) is 5.10 Å². The Morgan fingerprint density at radius 1 is 1.30 bits per heavy atom. The molecule has 3 rings (SSSR count). The summed E-state index contributed by atoms with van der Waals surface area (Å²) in [7, 11) is 1.63. The SMILES string of the molecule is COc1ccc(-n2ccc(C(=O)N3CC[C@H](N)C[C@H]3C)n2)cc1. The second-order valence-electron chi connectivity index (χ2n) is 5.98. The van der Waals surface area contributed by atoms with Crippen LogP contribution in [0.15, 0.2) is 36.5 Å². The van der Waals surface area contributed by atoms with Crippen LogP contribution < -0.4 is 10.5 Å². The molecule has 1 saturated heterocycles. The van der Waals surface area contributed by atoms with Crippen molar-refractivity contribution in [3.8, 4) is 11.4 Å². The van der Waals surface area contributed by atoms with Crippen LogP contribution in [-0.2, 0) is 0 Å². The molecule has 2 aromatic rings. The largest absolute Gasteiger partial charge is 0.497 e. The Kier molecular flexibility index (Phi) is 4.34. The molecule has 0 aliphatic carbocycles. The summed E-state index contributed by atoms with van der Waals surface area (Å²) in [6, 6.07) is 9.64. The van der Waals surface area contributed by atoms with Gasteiger partial charge < -0.3 is 15.4 Å². The van der Waals surface area contributed by atoms with Gasteiger partial charge in [0.25, 0.3) is 5.91 Å². The average molecular weight is 314 g/mol. The van der Waals surface area contributed by atoms with Crippen molar-refractivity contribution >= 4 is 5.91 Å². The predicted molar refractivity (Wildman–Crippen MR) is 87.8 cm³/mol. The lowest BCUT2D eigenvalue weighted by molar-refractivity contribution is 0.0612. The Bertz CT molecular complexity index is 680. The first-order valence-electron chi connectivity index (χ1n) is 7.85. The van der Waals surface area contributed by atoms with Crippen LogP contribution in [-0.4, -0.2) is 46.3 Å². The topological polar surface area (TPSA) is 73.4 Å². The molecule has 23 heavy (non-hydrogen) atoms. The summed E-state index contributed by atoms with van der Waals surface area (Å²) in [5.74, 6) is 0.757. The molecular weight excluding hydrogens is 292 g/mol. The standard InChI is InChI=1S/C17H22N4O2/c1-12-11-13(18)7-9-20(12)17(22)16-8-10-21(19-16)14-3-5-15(23-2)6-4-14/h3-6,8,10,12-13H,7,9,11,18H2,1-2H3/t12-,13+/m1/s1. The number of hydrogen-bond donors (Lipinski definition) is 1. The molecule has 1 aromatic carbocycles. The van der Waals surface area contributed by atoms with E-state index in [9.17, 15) is 4.79 Å². The Morgan fingerprint density at radius 2 is 2.04 bits per heavy atom. The van der Waals surface area contributed by atoms with E-state index in [1.54, 1.807) is 24.1 Å². The molecule has 0 bridgehead atoms. The molecule has 1 aliphatic heterocycles. The molecule has 0 saturated carbocycles. The number of hydrogen-bond acceptors (Lipinski definition) is 4. The summed E-state index contributed by atoms with van der Waals surface area (Å²) in [6.07, 6.45) is 3.48. The van der Waals surface area contributed by atoms with Crippen molar-refractivity contribution in [3.05, 3.63) is 42.2 Å².